The van der Waals surface area contributed by atoms with E-state index < -0.39 is 29.3 Å². The van der Waals surface area contributed by atoms with Gasteiger partial charge in [-0.05, 0) is 65.5 Å². The highest BCUT2D eigenvalue weighted by molar-refractivity contribution is 5.93. The van der Waals surface area contributed by atoms with Crippen LogP contribution in [0.5, 0.6) is 0 Å². The minimum atomic E-state index is -0.958. The van der Waals surface area contributed by atoms with E-state index >= 15 is 0 Å². The predicted octanol–water partition coefficient (Wildman–Crippen LogP) is 4.41. The molecule has 0 aliphatic heterocycles. The van der Waals surface area contributed by atoms with E-state index in [4.69, 9.17) is 11.2 Å². The van der Waals surface area contributed by atoms with Crippen molar-refractivity contribution in [3.05, 3.63) is 35.4 Å². The SMILES string of the molecule is C#Cc1ccccc1C(C(=O)NC(C)(C)C)N(CCC)C(=O)C(NC(=O)OC(C)(C)C)C(C)C. The van der Waals surface area contributed by atoms with Crippen LogP contribution in [-0.4, -0.2) is 46.5 Å². The van der Waals surface area contributed by atoms with Crippen LogP contribution in [0.15, 0.2) is 24.3 Å². The highest BCUT2D eigenvalue weighted by atomic mass is 16.6. The van der Waals surface area contributed by atoms with Crippen molar-refractivity contribution < 1.29 is 19.1 Å². The largest absolute Gasteiger partial charge is 0.444 e. The van der Waals surface area contributed by atoms with Crippen LogP contribution in [0.25, 0.3) is 0 Å². The molecule has 0 aliphatic carbocycles. The molecule has 0 spiro atoms. The topological polar surface area (TPSA) is 87.7 Å². The molecule has 0 bridgehead atoms. The van der Waals surface area contributed by atoms with Crippen molar-refractivity contribution in [3.63, 3.8) is 0 Å². The van der Waals surface area contributed by atoms with Crippen molar-refractivity contribution in [2.45, 2.75) is 92.0 Å². The monoisotopic (exact) mass is 471 g/mol. The van der Waals surface area contributed by atoms with Gasteiger partial charge in [0.05, 0.1) is 0 Å². The summed E-state index contributed by atoms with van der Waals surface area (Å²) in [6.07, 6.45) is 5.67. The molecule has 2 atom stereocenters. The molecule has 0 saturated heterocycles. The number of alkyl carbamates (subject to hydrolysis) is 1. The first-order valence-electron chi connectivity index (χ1n) is 11.8. The van der Waals surface area contributed by atoms with Gasteiger partial charge in [-0.25, -0.2) is 4.79 Å². The summed E-state index contributed by atoms with van der Waals surface area (Å²) in [5, 5.41) is 5.70. The zero-order chi connectivity index (χ0) is 26.3. The van der Waals surface area contributed by atoms with Gasteiger partial charge in [0.25, 0.3) is 0 Å². The van der Waals surface area contributed by atoms with Crippen LogP contribution in [0.4, 0.5) is 4.79 Å². The van der Waals surface area contributed by atoms with Gasteiger partial charge >= 0.3 is 6.09 Å². The van der Waals surface area contributed by atoms with E-state index in [-0.39, 0.29) is 17.7 Å². The number of carbonyl (C=O) groups is 3. The van der Waals surface area contributed by atoms with Gasteiger partial charge in [-0.3, -0.25) is 9.59 Å². The van der Waals surface area contributed by atoms with Gasteiger partial charge < -0.3 is 20.3 Å². The van der Waals surface area contributed by atoms with Crippen LogP contribution < -0.4 is 10.6 Å². The molecule has 3 amide bonds. The molecule has 1 rings (SSSR count). The summed E-state index contributed by atoms with van der Waals surface area (Å²) in [6, 6.07) is 5.26. The first-order valence-corrected chi connectivity index (χ1v) is 11.8. The highest BCUT2D eigenvalue weighted by Gasteiger charge is 2.38. The van der Waals surface area contributed by atoms with Gasteiger partial charge in [-0.15, -0.1) is 6.42 Å². The van der Waals surface area contributed by atoms with Crippen molar-refractivity contribution in [2.24, 2.45) is 5.92 Å². The van der Waals surface area contributed by atoms with Crippen LogP contribution >= 0.6 is 0 Å². The number of hydrogen-bond acceptors (Lipinski definition) is 4. The lowest BCUT2D eigenvalue weighted by atomic mass is 9.95. The molecular formula is C27H41N3O4. The van der Waals surface area contributed by atoms with Crippen LogP contribution in [0.3, 0.4) is 0 Å². The lowest BCUT2D eigenvalue weighted by Gasteiger charge is -2.37. The second-order valence-corrected chi connectivity index (χ2v) is 10.8. The fourth-order valence-corrected chi connectivity index (χ4v) is 3.49. The Morgan fingerprint density at radius 1 is 1.09 bits per heavy atom. The first kappa shape index (κ1) is 29.0. The number of nitrogens with one attached hydrogen (secondary N) is 2. The van der Waals surface area contributed by atoms with E-state index in [1.807, 2.05) is 41.5 Å². The molecule has 0 heterocycles. The van der Waals surface area contributed by atoms with Crippen molar-refractivity contribution >= 4 is 17.9 Å². The van der Waals surface area contributed by atoms with Crippen LogP contribution in [0.1, 0.15) is 85.9 Å². The number of benzene rings is 1. The lowest BCUT2D eigenvalue weighted by molar-refractivity contribution is -0.144. The molecule has 0 radical (unpaired) electrons. The zero-order valence-corrected chi connectivity index (χ0v) is 22.1. The minimum Gasteiger partial charge on any atom is -0.444 e. The van der Waals surface area contributed by atoms with Crippen LogP contribution in [0.2, 0.25) is 0 Å². The zero-order valence-electron chi connectivity index (χ0n) is 22.1. The Hall–Kier alpha value is -3.01. The molecule has 2 unspecified atom stereocenters. The Labute approximate surface area is 205 Å². The number of hydrogen-bond donors (Lipinski definition) is 2. The standard InChI is InChI=1S/C27H41N3O4/c1-11-17-30(24(32)21(18(3)4)28-25(33)34-27(8,9)10)22(23(31)29-26(5,6)7)20-16-14-13-15-19(20)12-2/h2,13-16,18,21-22H,11,17H2,1,3-10H3,(H,28,33)(H,29,31). The molecule has 7 heteroatoms. The normalized spacial score (nSPS) is 13.4. The minimum absolute atomic E-state index is 0.242. The van der Waals surface area contributed by atoms with E-state index in [1.54, 1.807) is 45.0 Å². The van der Waals surface area contributed by atoms with E-state index in [1.165, 1.54) is 4.90 Å². The number of ether oxygens (including phenoxy) is 1. The van der Waals surface area contributed by atoms with Crippen molar-refractivity contribution in [1.29, 1.82) is 0 Å². The second kappa shape index (κ2) is 11.9. The molecular weight excluding hydrogens is 430 g/mol. The summed E-state index contributed by atoms with van der Waals surface area (Å²) in [5.41, 5.74) is -0.133. The maximum atomic E-state index is 13.9. The van der Waals surface area contributed by atoms with Gasteiger partial charge in [-0.2, -0.15) is 0 Å². The molecule has 0 saturated carbocycles. The summed E-state index contributed by atoms with van der Waals surface area (Å²) in [4.78, 5) is 41.5. The van der Waals surface area contributed by atoms with E-state index in [9.17, 15) is 14.4 Å². The Balaban J connectivity index is 3.53. The number of nitrogens with zero attached hydrogens (tertiary/aromatic N) is 1. The Morgan fingerprint density at radius 3 is 2.15 bits per heavy atom. The number of amides is 3. The Kier molecular flexibility index (Phi) is 10.2. The number of rotatable bonds is 8. The third kappa shape index (κ3) is 8.74. The lowest BCUT2D eigenvalue weighted by Crippen LogP contribution is -2.56. The quantitative estimate of drug-likeness (QED) is 0.550. The molecule has 34 heavy (non-hydrogen) atoms. The van der Waals surface area contributed by atoms with E-state index in [0.29, 0.717) is 24.1 Å². The van der Waals surface area contributed by atoms with E-state index in [2.05, 4.69) is 16.6 Å². The summed E-state index contributed by atoms with van der Waals surface area (Å²) in [6.45, 7) is 16.8. The van der Waals surface area contributed by atoms with Crippen LogP contribution in [-0.2, 0) is 14.3 Å². The fraction of sp³-hybridized carbons (Fsp3) is 0.593. The van der Waals surface area contributed by atoms with Crippen molar-refractivity contribution in [3.8, 4) is 12.3 Å². The molecule has 1 aromatic carbocycles. The summed E-state index contributed by atoms with van der Waals surface area (Å²) < 4.78 is 5.38. The fourth-order valence-electron chi connectivity index (χ4n) is 3.49. The maximum absolute atomic E-state index is 13.9. The highest BCUT2D eigenvalue weighted by Crippen LogP contribution is 2.27. The van der Waals surface area contributed by atoms with Gasteiger partial charge in [0.15, 0.2) is 0 Å². The third-order valence-corrected chi connectivity index (χ3v) is 4.82. The first-order chi connectivity index (χ1) is 15.6. The predicted molar refractivity (Wildman–Crippen MR) is 135 cm³/mol. The molecule has 7 nitrogen and oxygen atoms in total. The number of carbonyl (C=O) groups excluding carboxylic acids is 3. The molecule has 1 aromatic rings. The van der Waals surface area contributed by atoms with Gasteiger partial charge in [-0.1, -0.05) is 44.9 Å². The summed E-state index contributed by atoms with van der Waals surface area (Å²) >= 11 is 0. The molecule has 0 fully saturated rings. The molecule has 188 valence electrons. The Morgan fingerprint density at radius 2 is 1.68 bits per heavy atom. The smallest absolute Gasteiger partial charge is 0.408 e. The number of terminal acetylenes is 1. The summed E-state index contributed by atoms with van der Waals surface area (Å²) in [5.74, 6) is 1.68. The van der Waals surface area contributed by atoms with Gasteiger partial charge in [0, 0.05) is 17.6 Å². The molecule has 2 N–H and O–H groups in total. The molecule has 0 aliphatic rings. The van der Waals surface area contributed by atoms with E-state index in [0.717, 1.165) is 0 Å². The molecule has 0 aromatic heterocycles. The third-order valence-electron chi connectivity index (χ3n) is 4.82. The van der Waals surface area contributed by atoms with Gasteiger partial charge in [0.2, 0.25) is 11.8 Å². The van der Waals surface area contributed by atoms with Crippen molar-refractivity contribution in [2.75, 3.05) is 6.54 Å². The second-order valence-electron chi connectivity index (χ2n) is 10.8. The summed E-state index contributed by atoms with van der Waals surface area (Å²) in [7, 11) is 0. The average Bonchev–Trinajstić information content (AvgIpc) is 2.68. The Bertz CT molecular complexity index is 904. The van der Waals surface area contributed by atoms with Gasteiger partial charge in [0.1, 0.15) is 17.7 Å². The van der Waals surface area contributed by atoms with Crippen molar-refractivity contribution in [1.82, 2.24) is 15.5 Å². The average molecular weight is 472 g/mol. The van der Waals surface area contributed by atoms with Crippen LogP contribution in [0, 0.1) is 18.3 Å². The maximum Gasteiger partial charge on any atom is 0.408 e.